The molecule has 25 heavy (non-hydrogen) atoms. The highest BCUT2D eigenvalue weighted by molar-refractivity contribution is 5.75. The molecule has 1 aliphatic heterocycles. The van der Waals surface area contributed by atoms with Crippen LogP contribution in [-0.4, -0.2) is 44.9 Å². The Morgan fingerprint density at radius 3 is 2.68 bits per heavy atom. The maximum atomic E-state index is 12.1. The molecule has 0 spiro atoms. The second-order valence-electron chi connectivity index (χ2n) is 6.77. The van der Waals surface area contributed by atoms with Gasteiger partial charge in [0.1, 0.15) is 6.54 Å². The minimum atomic E-state index is -0.156. The van der Waals surface area contributed by atoms with Gasteiger partial charge in [-0.05, 0) is 36.5 Å². The summed E-state index contributed by atoms with van der Waals surface area (Å²) in [6.45, 7) is 5.40. The lowest BCUT2D eigenvalue weighted by molar-refractivity contribution is -0.122. The Kier molecular flexibility index (Phi) is 5.83. The van der Waals surface area contributed by atoms with Crippen molar-refractivity contribution in [3.05, 3.63) is 53.3 Å². The van der Waals surface area contributed by atoms with Gasteiger partial charge in [-0.25, -0.2) is 0 Å². The van der Waals surface area contributed by atoms with Crippen LogP contribution in [0.25, 0.3) is 0 Å². The van der Waals surface area contributed by atoms with Gasteiger partial charge < -0.3 is 10.4 Å². The summed E-state index contributed by atoms with van der Waals surface area (Å²) in [6, 6.07) is 8.21. The smallest absolute Gasteiger partial charge is 0.241 e. The summed E-state index contributed by atoms with van der Waals surface area (Å²) in [5.41, 5.74) is 3.41. The first-order valence-electron chi connectivity index (χ1n) is 8.83. The molecule has 134 valence electrons. The highest BCUT2D eigenvalue weighted by atomic mass is 16.3. The first-order chi connectivity index (χ1) is 12.1. The number of hydrogen-bond donors (Lipinski definition) is 2. The Morgan fingerprint density at radius 1 is 1.28 bits per heavy atom. The van der Waals surface area contributed by atoms with E-state index in [2.05, 4.69) is 27.4 Å². The number of aryl methyl sites for hydroxylation is 1. The number of carbonyl (C=O) groups excluding carboxylic acids is 1. The first kappa shape index (κ1) is 17.6. The zero-order chi connectivity index (χ0) is 17.6. The number of nitrogens with zero attached hydrogens (tertiary/aromatic N) is 3. The van der Waals surface area contributed by atoms with Crippen molar-refractivity contribution in [3.8, 4) is 0 Å². The van der Waals surface area contributed by atoms with E-state index in [4.69, 9.17) is 0 Å². The molecule has 3 rings (SSSR count). The molecule has 0 saturated carbocycles. The van der Waals surface area contributed by atoms with Crippen molar-refractivity contribution in [2.75, 3.05) is 13.1 Å². The highest BCUT2D eigenvalue weighted by Gasteiger charge is 2.17. The number of aliphatic hydroxyl groups excluding tert-OH is 1. The quantitative estimate of drug-likeness (QED) is 0.834. The monoisotopic (exact) mass is 342 g/mol. The molecule has 1 fully saturated rings. The molecule has 0 unspecified atom stereocenters. The molecule has 1 aromatic carbocycles. The SMILES string of the molecule is Cc1cnn(CC(=O)NCc2ccccc2CN2CCC(O)CC2)c1. The number of amides is 1. The van der Waals surface area contributed by atoms with Crippen molar-refractivity contribution in [2.24, 2.45) is 0 Å². The Morgan fingerprint density at radius 2 is 2.00 bits per heavy atom. The number of aromatic nitrogens is 2. The fourth-order valence-electron chi connectivity index (χ4n) is 3.15. The molecular formula is C19H26N4O2. The van der Waals surface area contributed by atoms with Crippen LogP contribution in [0, 0.1) is 6.92 Å². The zero-order valence-corrected chi connectivity index (χ0v) is 14.7. The lowest BCUT2D eigenvalue weighted by Crippen LogP contribution is -2.35. The summed E-state index contributed by atoms with van der Waals surface area (Å²) in [7, 11) is 0. The molecule has 6 heteroatoms. The van der Waals surface area contributed by atoms with Gasteiger partial charge in [0.15, 0.2) is 0 Å². The molecule has 0 bridgehead atoms. The molecular weight excluding hydrogens is 316 g/mol. The fourth-order valence-corrected chi connectivity index (χ4v) is 3.15. The molecule has 2 heterocycles. The van der Waals surface area contributed by atoms with Crippen LogP contribution in [0.5, 0.6) is 0 Å². The number of likely N-dealkylation sites (tertiary alicyclic amines) is 1. The van der Waals surface area contributed by atoms with Crippen molar-refractivity contribution in [1.29, 1.82) is 0 Å². The topological polar surface area (TPSA) is 70.4 Å². The van der Waals surface area contributed by atoms with Crippen molar-refractivity contribution in [2.45, 2.75) is 45.5 Å². The maximum absolute atomic E-state index is 12.1. The number of aliphatic hydroxyl groups is 1. The predicted octanol–water partition coefficient (Wildman–Crippen LogP) is 1.46. The Hall–Kier alpha value is -2.18. The summed E-state index contributed by atoms with van der Waals surface area (Å²) in [5, 5.41) is 16.8. The Labute approximate surface area is 148 Å². The number of piperidine rings is 1. The molecule has 1 aliphatic rings. The third-order valence-corrected chi connectivity index (χ3v) is 4.61. The molecule has 0 atom stereocenters. The van der Waals surface area contributed by atoms with E-state index in [1.165, 1.54) is 5.56 Å². The van der Waals surface area contributed by atoms with Crippen molar-refractivity contribution in [3.63, 3.8) is 0 Å². The standard InChI is InChI=1S/C19H26N4O2/c1-15-10-21-23(12-15)14-19(25)20-11-16-4-2-3-5-17(16)13-22-8-6-18(24)7-9-22/h2-5,10,12,18,24H,6-9,11,13-14H2,1H3,(H,20,25). The van der Waals surface area contributed by atoms with Crippen LogP contribution in [0.4, 0.5) is 0 Å². The van der Waals surface area contributed by atoms with Gasteiger partial charge in [-0.3, -0.25) is 14.4 Å². The largest absolute Gasteiger partial charge is 0.393 e. The van der Waals surface area contributed by atoms with E-state index in [-0.39, 0.29) is 18.6 Å². The van der Waals surface area contributed by atoms with Crippen LogP contribution < -0.4 is 5.32 Å². The predicted molar refractivity (Wildman–Crippen MR) is 95.8 cm³/mol. The normalized spacial score (nSPS) is 16.1. The van der Waals surface area contributed by atoms with E-state index in [1.807, 2.05) is 25.3 Å². The molecule has 1 amide bonds. The van der Waals surface area contributed by atoms with Crippen LogP contribution in [0.15, 0.2) is 36.7 Å². The lowest BCUT2D eigenvalue weighted by atomic mass is 10.0. The van der Waals surface area contributed by atoms with Gasteiger partial charge in [-0.2, -0.15) is 5.10 Å². The first-order valence-corrected chi connectivity index (χ1v) is 8.83. The van der Waals surface area contributed by atoms with Crippen LogP contribution in [0.3, 0.4) is 0 Å². The Bertz CT molecular complexity index is 705. The summed E-state index contributed by atoms with van der Waals surface area (Å²) < 4.78 is 1.65. The van der Waals surface area contributed by atoms with E-state index in [0.717, 1.165) is 43.6 Å². The molecule has 1 saturated heterocycles. The van der Waals surface area contributed by atoms with Crippen LogP contribution in [0.1, 0.15) is 29.5 Å². The van der Waals surface area contributed by atoms with E-state index in [9.17, 15) is 9.90 Å². The van der Waals surface area contributed by atoms with Crippen LogP contribution >= 0.6 is 0 Å². The van der Waals surface area contributed by atoms with Gasteiger partial charge in [0.25, 0.3) is 0 Å². The number of benzene rings is 1. The van der Waals surface area contributed by atoms with Crippen molar-refractivity contribution < 1.29 is 9.90 Å². The second-order valence-corrected chi connectivity index (χ2v) is 6.77. The molecule has 6 nitrogen and oxygen atoms in total. The van der Waals surface area contributed by atoms with Gasteiger partial charge in [0.2, 0.25) is 5.91 Å². The molecule has 0 radical (unpaired) electrons. The number of nitrogens with one attached hydrogen (secondary N) is 1. The van der Waals surface area contributed by atoms with Gasteiger partial charge >= 0.3 is 0 Å². The van der Waals surface area contributed by atoms with Gasteiger partial charge in [0.05, 0.1) is 12.3 Å². The second kappa shape index (κ2) is 8.27. The fraction of sp³-hybridized carbons (Fsp3) is 0.474. The van der Waals surface area contributed by atoms with E-state index in [1.54, 1.807) is 10.9 Å². The summed E-state index contributed by atoms with van der Waals surface area (Å²) in [4.78, 5) is 14.5. The molecule has 0 aliphatic carbocycles. The van der Waals surface area contributed by atoms with E-state index < -0.39 is 0 Å². The summed E-state index contributed by atoms with van der Waals surface area (Å²) in [6.07, 6.45) is 5.12. The molecule has 2 aromatic rings. The summed E-state index contributed by atoms with van der Waals surface area (Å²) >= 11 is 0. The number of rotatable bonds is 6. The zero-order valence-electron chi connectivity index (χ0n) is 14.7. The van der Waals surface area contributed by atoms with Gasteiger partial charge in [0, 0.05) is 32.4 Å². The average molecular weight is 342 g/mol. The van der Waals surface area contributed by atoms with Gasteiger partial charge in [-0.15, -0.1) is 0 Å². The van der Waals surface area contributed by atoms with Crippen LogP contribution in [-0.2, 0) is 24.4 Å². The van der Waals surface area contributed by atoms with E-state index in [0.29, 0.717) is 6.54 Å². The van der Waals surface area contributed by atoms with E-state index >= 15 is 0 Å². The number of carbonyl (C=O) groups is 1. The maximum Gasteiger partial charge on any atom is 0.241 e. The molecule has 2 N–H and O–H groups in total. The van der Waals surface area contributed by atoms with Crippen LogP contribution in [0.2, 0.25) is 0 Å². The third-order valence-electron chi connectivity index (χ3n) is 4.61. The third kappa shape index (κ3) is 5.14. The minimum Gasteiger partial charge on any atom is -0.393 e. The number of hydrogen-bond acceptors (Lipinski definition) is 4. The minimum absolute atomic E-state index is 0.0426. The summed E-state index contributed by atoms with van der Waals surface area (Å²) in [5.74, 6) is -0.0426. The molecule has 1 aromatic heterocycles. The van der Waals surface area contributed by atoms with Crippen molar-refractivity contribution >= 4 is 5.91 Å². The highest BCUT2D eigenvalue weighted by Crippen LogP contribution is 2.16. The van der Waals surface area contributed by atoms with Crippen molar-refractivity contribution in [1.82, 2.24) is 20.0 Å². The average Bonchev–Trinajstić information content (AvgIpc) is 3.01. The van der Waals surface area contributed by atoms with Gasteiger partial charge in [-0.1, -0.05) is 24.3 Å². The Balaban J connectivity index is 1.54. The lowest BCUT2D eigenvalue weighted by Gasteiger charge is -2.30.